The quantitative estimate of drug-likeness (QED) is 0.627. The smallest absolute Gasteiger partial charge is 0.363 e. The van der Waals surface area contributed by atoms with E-state index < -0.39 is 5.97 Å². The van der Waals surface area contributed by atoms with Crippen LogP contribution in [-0.4, -0.2) is 26.1 Å². The summed E-state index contributed by atoms with van der Waals surface area (Å²) in [6.07, 6.45) is 1.63. The van der Waals surface area contributed by atoms with Gasteiger partial charge in [0, 0.05) is 5.02 Å². The Bertz CT molecular complexity index is 858. The number of hydrogen-bond donors (Lipinski definition) is 0. The summed E-state index contributed by atoms with van der Waals surface area (Å²) >= 11 is 6.01. The number of methoxy groups -OCH3 is 2. The molecule has 0 spiro atoms. The van der Waals surface area contributed by atoms with Gasteiger partial charge in [0.25, 0.3) is 0 Å². The van der Waals surface area contributed by atoms with Crippen LogP contribution < -0.4 is 9.47 Å². The van der Waals surface area contributed by atoms with Crippen LogP contribution >= 0.6 is 11.6 Å². The Hall–Kier alpha value is -2.79. The second-order valence-corrected chi connectivity index (χ2v) is 5.39. The minimum absolute atomic E-state index is 0.161. The van der Waals surface area contributed by atoms with E-state index in [0.717, 1.165) is 5.56 Å². The van der Waals surface area contributed by atoms with Crippen molar-refractivity contribution in [3.05, 3.63) is 64.3 Å². The molecule has 1 aliphatic heterocycles. The third-order valence-corrected chi connectivity index (χ3v) is 3.64. The number of benzene rings is 2. The van der Waals surface area contributed by atoms with Gasteiger partial charge in [0.15, 0.2) is 5.70 Å². The van der Waals surface area contributed by atoms with E-state index in [1.54, 1.807) is 37.5 Å². The average Bonchev–Trinajstić information content (AvgIpc) is 2.95. The molecule has 122 valence electrons. The summed E-state index contributed by atoms with van der Waals surface area (Å²) in [5, 5.41) is 0.495. The van der Waals surface area contributed by atoms with E-state index in [-0.39, 0.29) is 11.6 Å². The first kappa shape index (κ1) is 16.1. The van der Waals surface area contributed by atoms with Gasteiger partial charge in [-0.3, -0.25) is 0 Å². The zero-order valence-electron chi connectivity index (χ0n) is 13.1. The number of halogens is 1. The fraction of sp³-hybridized carbons (Fsp3) is 0.111. The van der Waals surface area contributed by atoms with E-state index in [0.29, 0.717) is 22.1 Å². The number of ether oxygens (including phenoxy) is 3. The van der Waals surface area contributed by atoms with Gasteiger partial charge in [0.2, 0.25) is 5.90 Å². The zero-order valence-corrected chi connectivity index (χ0v) is 13.8. The fourth-order valence-corrected chi connectivity index (χ4v) is 2.43. The highest BCUT2D eigenvalue weighted by molar-refractivity contribution is 6.31. The average molecular weight is 344 g/mol. The summed E-state index contributed by atoms with van der Waals surface area (Å²) < 4.78 is 15.7. The van der Waals surface area contributed by atoms with E-state index in [9.17, 15) is 4.79 Å². The summed E-state index contributed by atoms with van der Waals surface area (Å²) in [6, 6.07) is 12.3. The molecule has 2 aromatic rings. The summed E-state index contributed by atoms with van der Waals surface area (Å²) in [5.74, 6) is 0.841. The molecule has 0 bridgehead atoms. The Labute approximate surface area is 144 Å². The molecule has 0 atom stereocenters. The predicted molar refractivity (Wildman–Crippen MR) is 91.6 cm³/mol. The molecule has 0 amide bonds. The molecular formula is C18H14ClNO4. The SMILES string of the molecule is COc1cccc(C=C2N=C(c3cc(Cl)ccc3OC)OC2=O)c1. The lowest BCUT2D eigenvalue weighted by Gasteiger charge is -2.07. The Balaban J connectivity index is 1.99. The topological polar surface area (TPSA) is 57.1 Å². The monoisotopic (exact) mass is 343 g/mol. The van der Waals surface area contributed by atoms with Crippen molar-refractivity contribution in [2.75, 3.05) is 14.2 Å². The predicted octanol–water partition coefficient (Wildman–Crippen LogP) is 3.70. The maximum absolute atomic E-state index is 12.1. The number of hydrogen-bond acceptors (Lipinski definition) is 5. The van der Waals surface area contributed by atoms with Crippen molar-refractivity contribution in [3.8, 4) is 11.5 Å². The van der Waals surface area contributed by atoms with Crippen molar-refractivity contribution in [1.82, 2.24) is 0 Å². The van der Waals surface area contributed by atoms with Crippen molar-refractivity contribution < 1.29 is 19.0 Å². The summed E-state index contributed by atoms with van der Waals surface area (Å²) in [5.41, 5.74) is 1.50. The minimum atomic E-state index is -0.533. The largest absolute Gasteiger partial charge is 0.497 e. The first-order valence-electron chi connectivity index (χ1n) is 7.11. The number of aliphatic imine (C=N–C) groups is 1. The fourth-order valence-electron chi connectivity index (χ4n) is 2.26. The van der Waals surface area contributed by atoms with E-state index in [2.05, 4.69) is 4.99 Å². The maximum atomic E-state index is 12.1. The molecular weight excluding hydrogens is 330 g/mol. The number of rotatable bonds is 4. The third kappa shape index (κ3) is 3.26. The Kier molecular flexibility index (Phi) is 4.53. The van der Waals surface area contributed by atoms with Gasteiger partial charge in [0.05, 0.1) is 19.8 Å². The molecule has 0 aliphatic carbocycles. The van der Waals surface area contributed by atoms with Crippen LogP contribution in [0.3, 0.4) is 0 Å². The second kappa shape index (κ2) is 6.76. The molecule has 3 rings (SSSR count). The van der Waals surface area contributed by atoms with Gasteiger partial charge >= 0.3 is 5.97 Å². The van der Waals surface area contributed by atoms with Gasteiger partial charge in [0.1, 0.15) is 11.5 Å². The van der Waals surface area contributed by atoms with E-state index >= 15 is 0 Å². The molecule has 0 unspecified atom stereocenters. The van der Waals surface area contributed by atoms with Crippen LogP contribution in [0, 0.1) is 0 Å². The number of cyclic esters (lactones) is 1. The van der Waals surface area contributed by atoms with E-state index in [4.69, 9.17) is 25.8 Å². The van der Waals surface area contributed by atoms with Gasteiger partial charge in [-0.2, -0.15) is 0 Å². The van der Waals surface area contributed by atoms with Gasteiger partial charge in [-0.15, -0.1) is 0 Å². The van der Waals surface area contributed by atoms with E-state index in [1.165, 1.54) is 7.11 Å². The first-order chi connectivity index (χ1) is 11.6. The minimum Gasteiger partial charge on any atom is -0.497 e. The molecule has 1 aliphatic rings. The Morgan fingerprint density at radius 3 is 2.71 bits per heavy atom. The van der Waals surface area contributed by atoms with Crippen LogP contribution in [0.25, 0.3) is 6.08 Å². The van der Waals surface area contributed by atoms with Crippen molar-refractivity contribution in [1.29, 1.82) is 0 Å². The van der Waals surface area contributed by atoms with Gasteiger partial charge < -0.3 is 14.2 Å². The summed E-state index contributed by atoms with van der Waals surface area (Å²) in [7, 11) is 3.11. The first-order valence-corrected chi connectivity index (χ1v) is 7.49. The molecule has 24 heavy (non-hydrogen) atoms. The highest BCUT2D eigenvalue weighted by Crippen LogP contribution is 2.28. The van der Waals surface area contributed by atoms with Crippen LogP contribution in [-0.2, 0) is 9.53 Å². The highest BCUT2D eigenvalue weighted by Gasteiger charge is 2.26. The third-order valence-electron chi connectivity index (χ3n) is 3.41. The van der Waals surface area contributed by atoms with Crippen LogP contribution in [0.15, 0.2) is 53.2 Å². The molecule has 0 saturated heterocycles. The van der Waals surface area contributed by atoms with Crippen LogP contribution in [0.5, 0.6) is 11.5 Å². The summed E-state index contributed by atoms with van der Waals surface area (Å²) in [6.45, 7) is 0. The van der Waals surface area contributed by atoms with Crippen molar-refractivity contribution in [2.24, 2.45) is 4.99 Å². The van der Waals surface area contributed by atoms with Crippen LogP contribution in [0.4, 0.5) is 0 Å². The zero-order chi connectivity index (χ0) is 17.1. The lowest BCUT2D eigenvalue weighted by molar-refractivity contribution is -0.129. The molecule has 0 N–H and O–H groups in total. The number of carbonyl (C=O) groups is 1. The Morgan fingerprint density at radius 1 is 1.12 bits per heavy atom. The van der Waals surface area contributed by atoms with Gasteiger partial charge in [-0.1, -0.05) is 23.7 Å². The molecule has 5 nitrogen and oxygen atoms in total. The molecule has 1 heterocycles. The molecule has 0 aromatic heterocycles. The lowest BCUT2D eigenvalue weighted by atomic mass is 10.2. The van der Waals surface area contributed by atoms with Crippen LogP contribution in [0.1, 0.15) is 11.1 Å². The summed E-state index contributed by atoms with van der Waals surface area (Å²) in [4.78, 5) is 16.4. The normalized spacial score (nSPS) is 15.2. The number of carbonyl (C=O) groups excluding carboxylic acids is 1. The van der Waals surface area contributed by atoms with Crippen LogP contribution in [0.2, 0.25) is 5.02 Å². The lowest BCUT2D eigenvalue weighted by Crippen LogP contribution is -2.07. The van der Waals surface area contributed by atoms with Crippen molar-refractivity contribution >= 4 is 29.5 Å². The number of esters is 1. The molecule has 6 heteroatoms. The van der Waals surface area contributed by atoms with Crippen molar-refractivity contribution in [3.63, 3.8) is 0 Å². The number of nitrogens with zero attached hydrogens (tertiary/aromatic N) is 1. The van der Waals surface area contributed by atoms with Gasteiger partial charge in [-0.05, 0) is 42.0 Å². The molecule has 0 saturated carbocycles. The maximum Gasteiger partial charge on any atom is 0.363 e. The standard InChI is InChI=1S/C18H14ClNO4/c1-22-13-5-3-4-11(8-13)9-15-18(21)24-17(20-15)14-10-12(19)6-7-16(14)23-2/h3-10H,1-2H3. The Morgan fingerprint density at radius 2 is 1.96 bits per heavy atom. The molecule has 0 fully saturated rings. The second-order valence-electron chi connectivity index (χ2n) is 4.96. The molecule has 2 aromatic carbocycles. The van der Waals surface area contributed by atoms with Gasteiger partial charge in [-0.25, -0.2) is 9.79 Å². The van der Waals surface area contributed by atoms with E-state index in [1.807, 2.05) is 18.2 Å². The molecule has 0 radical (unpaired) electrons. The van der Waals surface area contributed by atoms with Crippen molar-refractivity contribution in [2.45, 2.75) is 0 Å². The highest BCUT2D eigenvalue weighted by atomic mass is 35.5.